The Morgan fingerprint density at radius 2 is 1.96 bits per heavy atom. The molecule has 0 fully saturated rings. The van der Waals surface area contributed by atoms with E-state index in [1.54, 1.807) is 4.90 Å². The summed E-state index contributed by atoms with van der Waals surface area (Å²) in [7, 11) is 0. The maximum atomic E-state index is 13.3. The van der Waals surface area contributed by atoms with Gasteiger partial charge in [-0.2, -0.15) is 0 Å². The van der Waals surface area contributed by atoms with E-state index < -0.39 is 6.17 Å². The molecule has 0 unspecified atom stereocenters. The molecule has 1 aromatic heterocycles. The first-order valence-electron chi connectivity index (χ1n) is 8.17. The lowest BCUT2D eigenvalue weighted by Crippen LogP contribution is -2.43. The second-order valence-electron chi connectivity index (χ2n) is 5.93. The Labute approximate surface area is 153 Å². The van der Waals surface area contributed by atoms with Crippen LogP contribution < -0.4 is 19.7 Å². The lowest BCUT2D eigenvalue weighted by atomic mass is 10.1. The van der Waals surface area contributed by atoms with E-state index in [0.29, 0.717) is 41.7 Å². The van der Waals surface area contributed by atoms with Crippen molar-refractivity contribution in [3.63, 3.8) is 0 Å². The van der Waals surface area contributed by atoms with E-state index in [1.165, 1.54) is 11.5 Å². The highest BCUT2D eigenvalue weighted by molar-refractivity contribution is 7.03. The number of ether oxygens (including phenoxy) is 2. The molecular weight excluding hydrogens is 352 g/mol. The van der Waals surface area contributed by atoms with Gasteiger partial charge in [0.1, 0.15) is 18.9 Å². The van der Waals surface area contributed by atoms with Crippen molar-refractivity contribution in [2.75, 3.05) is 23.4 Å². The van der Waals surface area contributed by atoms with E-state index in [9.17, 15) is 4.79 Å². The second-order valence-corrected chi connectivity index (χ2v) is 6.54. The van der Waals surface area contributed by atoms with Crippen molar-refractivity contribution in [1.29, 1.82) is 0 Å². The number of nitrogens with one attached hydrogen (secondary N) is 1. The summed E-state index contributed by atoms with van der Waals surface area (Å²) < 4.78 is 15.2. The fraction of sp³-hybridized carbons (Fsp3) is 0.167. The monoisotopic (exact) mass is 366 g/mol. The number of aromatic nitrogens is 2. The minimum Gasteiger partial charge on any atom is -0.486 e. The average molecular weight is 366 g/mol. The van der Waals surface area contributed by atoms with E-state index >= 15 is 0 Å². The van der Waals surface area contributed by atoms with Gasteiger partial charge in [-0.15, -0.1) is 5.10 Å². The Kier molecular flexibility index (Phi) is 3.49. The van der Waals surface area contributed by atoms with Crippen molar-refractivity contribution in [2.45, 2.75) is 6.17 Å². The lowest BCUT2D eigenvalue weighted by Gasteiger charge is -2.37. The van der Waals surface area contributed by atoms with Gasteiger partial charge in [0, 0.05) is 17.1 Å². The molecule has 0 saturated heterocycles. The number of hydrogen-bond donors (Lipinski definition) is 1. The molecule has 2 aliphatic heterocycles. The molecule has 2 aromatic carbocycles. The van der Waals surface area contributed by atoms with Gasteiger partial charge in [-0.25, -0.2) is 0 Å². The molecule has 26 heavy (non-hydrogen) atoms. The number of fused-ring (bicyclic) bond motifs is 2. The Morgan fingerprint density at radius 3 is 2.81 bits per heavy atom. The Hall–Kier alpha value is -3.13. The zero-order valence-corrected chi connectivity index (χ0v) is 14.4. The van der Waals surface area contributed by atoms with E-state index in [-0.39, 0.29) is 5.91 Å². The van der Waals surface area contributed by atoms with Gasteiger partial charge in [-0.3, -0.25) is 9.69 Å². The molecule has 5 rings (SSSR count). The van der Waals surface area contributed by atoms with E-state index in [2.05, 4.69) is 14.9 Å². The minimum atomic E-state index is -0.446. The number of carbonyl (C=O) groups excluding carboxylic acids is 1. The zero-order valence-electron chi connectivity index (χ0n) is 13.6. The normalized spacial score (nSPS) is 18.2. The number of anilines is 2. The predicted molar refractivity (Wildman–Crippen MR) is 97.0 cm³/mol. The number of amides is 1. The van der Waals surface area contributed by atoms with Gasteiger partial charge in [0.05, 0.1) is 11.3 Å². The lowest BCUT2D eigenvalue weighted by molar-refractivity contribution is 0.0974. The molecule has 1 amide bonds. The second kappa shape index (κ2) is 5.99. The van der Waals surface area contributed by atoms with Crippen molar-refractivity contribution in [3.8, 4) is 11.5 Å². The molecule has 0 saturated carbocycles. The fourth-order valence-corrected chi connectivity index (χ4v) is 3.67. The van der Waals surface area contributed by atoms with Crippen LogP contribution >= 0.6 is 11.5 Å². The van der Waals surface area contributed by atoms with Crippen LogP contribution in [-0.4, -0.2) is 28.7 Å². The number of rotatable bonds is 2. The quantitative estimate of drug-likeness (QED) is 0.751. The third-order valence-corrected chi connectivity index (χ3v) is 4.91. The summed E-state index contributed by atoms with van der Waals surface area (Å²) in [5.74, 6) is 1.22. The van der Waals surface area contributed by atoms with Crippen LogP contribution in [0.3, 0.4) is 0 Å². The minimum absolute atomic E-state index is 0.103. The van der Waals surface area contributed by atoms with E-state index in [1.807, 2.05) is 47.8 Å². The molecule has 3 heterocycles. The standard InChI is InChI=1S/C18H14N4O3S/c23-18-12-3-1-2-4-13(12)19-17(14-10-26-21-20-14)22(18)11-5-6-15-16(9-11)25-8-7-24-15/h1-6,9-10,17,19H,7-8H2/t17-/m1/s1. The van der Waals surface area contributed by atoms with Gasteiger partial charge in [0.2, 0.25) is 0 Å². The smallest absolute Gasteiger partial charge is 0.262 e. The summed E-state index contributed by atoms with van der Waals surface area (Å²) in [4.78, 5) is 14.9. The first kappa shape index (κ1) is 15.2. The maximum absolute atomic E-state index is 13.3. The number of para-hydroxylation sites is 1. The summed E-state index contributed by atoms with van der Waals surface area (Å²) in [5, 5.41) is 9.40. The Morgan fingerprint density at radius 1 is 1.12 bits per heavy atom. The van der Waals surface area contributed by atoms with Crippen LogP contribution in [0.5, 0.6) is 11.5 Å². The van der Waals surface area contributed by atoms with Crippen molar-refractivity contribution in [2.24, 2.45) is 0 Å². The third-order valence-electron chi connectivity index (χ3n) is 4.39. The van der Waals surface area contributed by atoms with Gasteiger partial charge in [-0.05, 0) is 35.8 Å². The van der Waals surface area contributed by atoms with Crippen LogP contribution in [0.1, 0.15) is 22.2 Å². The van der Waals surface area contributed by atoms with Crippen LogP contribution in [-0.2, 0) is 0 Å². The van der Waals surface area contributed by atoms with Crippen molar-refractivity contribution in [3.05, 3.63) is 59.1 Å². The van der Waals surface area contributed by atoms with E-state index in [4.69, 9.17) is 9.47 Å². The highest BCUT2D eigenvalue weighted by Crippen LogP contribution is 2.40. The molecule has 0 aliphatic carbocycles. The summed E-state index contributed by atoms with van der Waals surface area (Å²) in [6, 6.07) is 13.0. The molecule has 2 aliphatic rings. The molecule has 7 nitrogen and oxygen atoms in total. The molecule has 1 atom stereocenters. The van der Waals surface area contributed by atoms with Gasteiger partial charge < -0.3 is 14.8 Å². The molecule has 0 bridgehead atoms. The molecule has 130 valence electrons. The molecule has 0 radical (unpaired) electrons. The van der Waals surface area contributed by atoms with Gasteiger partial charge >= 0.3 is 0 Å². The topological polar surface area (TPSA) is 76.6 Å². The molecule has 3 aromatic rings. The van der Waals surface area contributed by atoms with Crippen molar-refractivity contribution < 1.29 is 14.3 Å². The van der Waals surface area contributed by atoms with Gasteiger partial charge in [0.25, 0.3) is 5.91 Å². The Balaban J connectivity index is 1.63. The van der Waals surface area contributed by atoms with Crippen LogP contribution in [0, 0.1) is 0 Å². The van der Waals surface area contributed by atoms with E-state index in [0.717, 1.165) is 5.69 Å². The van der Waals surface area contributed by atoms with Crippen LogP contribution in [0.4, 0.5) is 11.4 Å². The number of nitrogens with zero attached hydrogens (tertiary/aromatic N) is 3. The van der Waals surface area contributed by atoms with Crippen LogP contribution in [0.15, 0.2) is 47.8 Å². The zero-order chi connectivity index (χ0) is 17.5. The van der Waals surface area contributed by atoms with Crippen LogP contribution in [0.2, 0.25) is 0 Å². The fourth-order valence-electron chi connectivity index (χ4n) is 3.20. The molecule has 8 heteroatoms. The molecule has 0 spiro atoms. The first-order chi connectivity index (χ1) is 12.8. The number of hydrogen-bond acceptors (Lipinski definition) is 7. The average Bonchev–Trinajstić information content (AvgIpc) is 3.22. The van der Waals surface area contributed by atoms with Crippen LogP contribution in [0.25, 0.3) is 0 Å². The summed E-state index contributed by atoms with van der Waals surface area (Å²) in [6.07, 6.45) is -0.446. The molecular formula is C18H14N4O3S. The third kappa shape index (κ3) is 2.38. The van der Waals surface area contributed by atoms with Gasteiger partial charge in [0.15, 0.2) is 17.7 Å². The summed E-state index contributed by atoms with van der Waals surface area (Å²) >= 11 is 1.25. The predicted octanol–water partition coefficient (Wildman–Crippen LogP) is 3.08. The largest absolute Gasteiger partial charge is 0.486 e. The maximum Gasteiger partial charge on any atom is 0.262 e. The molecule has 1 N–H and O–H groups in total. The summed E-state index contributed by atoms with van der Waals surface area (Å²) in [6.45, 7) is 1.02. The van der Waals surface area contributed by atoms with Crippen molar-refractivity contribution in [1.82, 2.24) is 9.59 Å². The first-order valence-corrected chi connectivity index (χ1v) is 9.00. The van der Waals surface area contributed by atoms with Crippen molar-refractivity contribution >= 4 is 28.8 Å². The number of benzene rings is 2. The highest BCUT2D eigenvalue weighted by atomic mass is 32.1. The summed E-state index contributed by atoms with van der Waals surface area (Å²) in [5.41, 5.74) is 2.79. The van der Waals surface area contributed by atoms with Gasteiger partial charge in [-0.1, -0.05) is 16.6 Å². The highest BCUT2D eigenvalue weighted by Gasteiger charge is 2.35. The SMILES string of the molecule is O=C1c2ccccc2N[C@@H](c2csnn2)N1c1ccc2c(c1)OCCO2. The number of carbonyl (C=O) groups is 1. The Bertz CT molecular complexity index is 976.